The van der Waals surface area contributed by atoms with Gasteiger partial charge in [0.1, 0.15) is 11.9 Å². The number of carbonyl (C=O) groups excluding carboxylic acids is 2. The number of nitrogens with one attached hydrogen (secondary N) is 1. The second-order valence-corrected chi connectivity index (χ2v) is 8.41. The first-order valence-corrected chi connectivity index (χ1v) is 11.4. The van der Waals surface area contributed by atoms with Crippen molar-refractivity contribution in [2.75, 3.05) is 32.6 Å². The first-order valence-electron chi connectivity index (χ1n) is 11.4. The van der Waals surface area contributed by atoms with Crippen molar-refractivity contribution >= 4 is 17.8 Å². The maximum absolute atomic E-state index is 13.5. The lowest BCUT2D eigenvalue weighted by atomic mass is 10.0. The number of nitrogens with zero attached hydrogens (tertiary/aromatic N) is 5. The highest BCUT2D eigenvalue weighted by Gasteiger charge is 2.31. The van der Waals surface area contributed by atoms with Gasteiger partial charge in [0.15, 0.2) is 0 Å². The smallest absolute Gasteiger partial charge is 0.320 e. The molecular weight excluding hydrogens is 432 g/mol. The number of rotatable bonds is 7. The number of anilines is 1. The SMILES string of the molecule is COc1cc(-c2cc(NC(=O)[C@H](Cc3ccccc3)N(C)C(=O)N3CCCC3)n(C)n2)ccn1. The largest absolute Gasteiger partial charge is 0.481 e. The van der Waals surface area contributed by atoms with Gasteiger partial charge >= 0.3 is 6.03 Å². The first-order chi connectivity index (χ1) is 16.5. The van der Waals surface area contributed by atoms with Crippen molar-refractivity contribution < 1.29 is 14.3 Å². The fraction of sp³-hybridized carbons (Fsp3) is 0.360. The van der Waals surface area contributed by atoms with E-state index in [-0.39, 0.29) is 11.9 Å². The molecule has 4 rings (SSSR count). The van der Waals surface area contributed by atoms with Crippen molar-refractivity contribution in [3.63, 3.8) is 0 Å². The zero-order valence-corrected chi connectivity index (χ0v) is 19.8. The second kappa shape index (κ2) is 10.4. The molecule has 3 heterocycles. The summed E-state index contributed by atoms with van der Waals surface area (Å²) in [6, 6.07) is 14.4. The van der Waals surface area contributed by atoms with Gasteiger partial charge in [-0.3, -0.25) is 9.48 Å². The van der Waals surface area contributed by atoms with E-state index in [2.05, 4.69) is 15.4 Å². The molecule has 178 valence electrons. The number of urea groups is 1. The van der Waals surface area contributed by atoms with E-state index in [1.165, 1.54) is 0 Å². The van der Waals surface area contributed by atoms with Gasteiger partial charge in [0.2, 0.25) is 11.8 Å². The normalized spacial score (nSPS) is 14.0. The lowest BCUT2D eigenvalue weighted by Crippen LogP contribution is -2.51. The van der Waals surface area contributed by atoms with Crippen LogP contribution in [0.5, 0.6) is 5.88 Å². The van der Waals surface area contributed by atoms with Gasteiger partial charge in [-0.25, -0.2) is 9.78 Å². The number of pyridine rings is 1. The summed E-state index contributed by atoms with van der Waals surface area (Å²) in [6.07, 6.45) is 4.05. The van der Waals surface area contributed by atoms with Crippen LogP contribution in [0.4, 0.5) is 10.6 Å². The number of benzene rings is 1. The Bertz CT molecular complexity index is 1140. The highest BCUT2D eigenvalue weighted by molar-refractivity contribution is 5.97. The third-order valence-corrected chi connectivity index (χ3v) is 6.09. The van der Waals surface area contributed by atoms with E-state index < -0.39 is 6.04 Å². The molecule has 1 aromatic carbocycles. The van der Waals surface area contributed by atoms with Crippen LogP contribution in [0.1, 0.15) is 18.4 Å². The molecular formula is C25H30N6O3. The number of methoxy groups -OCH3 is 1. The summed E-state index contributed by atoms with van der Waals surface area (Å²) in [5.74, 6) is 0.760. The van der Waals surface area contributed by atoms with E-state index in [4.69, 9.17) is 4.74 Å². The number of ether oxygens (including phenoxy) is 1. The zero-order chi connectivity index (χ0) is 24.1. The lowest BCUT2D eigenvalue weighted by molar-refractivity contribution is -0.120. The minimum atomic E-state index is -0.671. The van der Waals surface area contributed by atoms with E-state index in [0.717, 1.165) is 37.1 Å². The molecule has 1 saturated heterocycles. The Balaban J connectivity index is 1.56. The van der Waals surface area contributed by atoms with Crippen LogP contribution < -0.4 is 10.1 Å². The fourth-order valence-corrected chi connectivity index (χ4v) is 4.12. The monoisotopic (exact) mass is 462 g/mol. The lowest BCUT2D eigenvalue weighted by Gasteiger charge is -2.31. The molecule has 0 unspecified atom stereocenters. The van der Waals surface area contributed by atoms with Crippen molar-refractivity contribution in [3.05, 3.63) is 60.3 Å². The van der Waals surface area contributed by atoms with E-state index >= 15 is 0 Å². The molecule has 3 aromatic rings. The number of aryl methyl sites for hydroxylation is 1. The van der Waals surface area contributed by atoms with Gasteiger partial charge in [0.25, 0.3) is 0 Å². The van der Waals surface area contributed by atoms with E-state index in [1.807, 2.05) is 41.3 Å². The number of amides is 3. The van der Waals surface area contributed by atoms with Crippen molar-refractivity contribution in [2.24, 2.45) is 7.05 Å². The summed E-state index contributed by atoms with van der Waals surface area (Å²) >= 11 is 0. The molecule has 2 aromatic heterocycles. The number of hydrogen-bond acceptors (Lipinski definition) is 5. The Hall–Kier alpha value is -3.88. The summed E-state index contributed by atoms with van der Waals surface area (Å²) in [5, 5.41) is 7.50. The molecule has 1 aliphatic rings. The molecule has 9 nitrogen and oxygen atoms in total. The van der Waals surface area contributed by atoms with Crippen molar-refractivity contribution in [1.29, 1.82) is 0 Å². The number of carbonyl (C=O) groups is 2. The van der Waals surface area contributed by atoms with Gasteiger partial charge in [-0.1, -0.05) is 30.3 Å². The standard InChI is InChI=1S/C25H30N6O3/c1-29(25(33)31-13-7-8-14-31)21(15-18-9-5-4-6-10-18)24(32)27-22-17-20(28-30(22)2)19-11-12-26-23(16-19)34-3/h4-6,9-12,16-17,21H,7-8,13-15H2,1-3H3,(H,27,32)/t21-/m0/s1. The Kier molecular flexibility index (Phi) is 7.10. The van der Waals surface area contributed by atoms with Gasteiger partial charge in [-0.2, -0.15) is 5.10 Å². The average molecular weight is 463 g/mol. The minimum Gasteiger partial charge on any atom is -0.481 e. The number of likely N-dealkylation sites (N-methyl/N-ethyl adjacent to an activating group) is 1. The van der Waals surface area contributed by atoms with Crippen molar-refractivity contribution in [2.45, 2.75) is 25.3 Å². The van der Waals surface area contributed by atoms with E-state index in [0.29, 0.717) is 23.8 Å². The summed E-state index contributed by atoms with van der Waals surface area (Å²) in [6.45, 7) is 1.45. The molecule has 1 N–H and O–H groups in total. The fourth-order valence-electron chi connectivity index (χ4n) is 4.12. The molecule has 1 fully saturated rings. The molecule has 1 aliphatic heterocycles. The first kappa shape index (κ1) is 23.3. The second-order valence-electron chi connectivity index (χ2n) is 8.41. The zero-order valence-electron chi connectivity index (χ0n) is 19.8. The summed E-state index contributed by atoms with van der Waals surface area (Å²) in [4.78, 5) is 34.1. The maximum atomic E-state index is 13.5. The van der Waals surface area contributed by atoms with Gasteiger partial charge in [0.05, 0.1) is 12.8 Å². The molecule has 0 aliphatic carbocycles. The van der Waals surface area contributed by atoms with Crippen LogP contribution in [0.15, 0.2) is 54.7 Å². The van der Waals surface area contributed by atoms with Crippen LogP contribution in [-0.4, -0.2) is 69.8 Å². The molecule has 0 spiro atoms. The summed E-state index contributed by atoms with van der Waals surface area (Å²) in [7, 11) is 5.03. The molecule has 1 atom stereocenters. The van der Waals surface area contributed by atoms with Gasteiger partial charge in [-0.05, 0) is 24.5 Å². The number of aromatic nitrogens is 3. The number of likely N-dealkylation sites (tertiary alicyclic amines) is 1. The van der Waals surface area contributed by atoms with Crippen molar-refractivity contribution in [3.8, 4) is 17.1 Å². The van der Waals surface area contributed by atoms with Crippen LogP contribution in [0.2, 0.25) is 0 Å². The average Bonchev–Trinajstić information content (AvgIpc) is 3.53. The Morgan fingerprint density at radius 2 is 1.88 bits per heavy atom. The molecule has 9 heteroatoms. The van der Waals surface area contributed by atoms with Gasteiger partial charge in [0, 0.05) is 57.5 Å². The molecule has 0 radical (unpaired) electrons. The maximum Gasteiger partial charge on any atom is 0.320 e. The topological polar surface area (TPSA) is 92.6 Å². The Morgan fingerprint density at radius 3 is 2.59 bits per heavy atom. The minimum absolute atomic E-state index is 0.122. The highest BCUT2D eigenvalue weighted by Crippen LogP contribution is 2.24. The molecule has 3 amide bonds. The Morgan fingerprint density at radius 1 is 1.15 bits per heavy atom. The van der Waals surface area contributed by atoms with Crippen LogP contribution in [0.25, 0.3) is 11.3 Å². The summed E-state index contributed by atoms with van der Waals surface area (Å²) in [5.41, 5.74) is 2.49. The summed E-state index contributed by atoms with van der Waals surface area (Å²) < 4.78 is 6.81. The van der Waals surface area contributed by atoms with Crippen LogP contribution in [-0.2, 0) is 18.3 Å². The van der Waals surface area contributed by atoms with Gasteiger partial charge < -0.3 is 19.9 Å². The third-order valence-electron chi connectivity index (χ3n) is 6.09. The van der Waals surface area contributed by atoms with Crippen LogP contribution >= 0.6 is 0 Å². The molecule has 34 heavy (non-hydrogen) atoms. The predicted molar refractivity (Wildman–Crippen MR) is 130 cm³/mol. The van der Waals surface area contributed by atoms with E-state index in [9.17, 15) is 9.59 Å². The molecule has 0 saturated carbocycles. The quantitative estimate of drug-likeness (QED) is 0.582. The third kappa shape index (κ3) is 5.19. The highest BCUT2D eigenvalue weighted by atomic mass is 16.5. The Labute approximate surface area is 199 Å². The van der Waals surface area contributed by atoms with Gasteiger partial charge in [-0.15, -0.1) is 0 Å². The predicted octanol–water partition coefficient (Wildman–Crippen LogP) is 3.19. The number of hydrogen-bond donors (Lipinski definition) is 1. The molecule has 0 bridgehead atoms. The van der Waals surface area contributed by atoms with Crippen molar-refractivity contribution in [1.82, 2.24) is 24.6 Å². The van der Waals surface area contributed by atoms with E-state index in [1.54, 1.807) is 49.1 Å². The van der Waals surface area contributed by atoms with Crippen LogP contribution in [0.3, 0.4) is 0 Å². The van der Waals surface area contributed by atoms with Crippen LogP contribution in [0, 0.1) is 0 Å².